The van der Waals surface area contributed by atoms with Gasteiger partial charge in [0.2, 0.25) is 0 Å². The van der Waals surface area contributed by atoms with Crippen LogP contribution in [-0.4, -0.2) is 0 Å². The lowest BCUT2D eigenvalue weighted by atomic mass is 9.79. The van der Waals surface area contributed by atoms with Crippen LogP contribution in [0.25, 0.3) is 77.5 Å². The van der Waals surface area contributed by atoms with Crippen LogP contribution in [-0.2, 0) is 5.41 Å². The molecule has 10 aromatic rings. The highest BCUT2D eigenvalue weighted by atomic mass is 15.1. The summed E-state index contributed by atoms with van der Waals surface area (Å²) in [4.78, 5) is 2.34. The van der Waals surface area contributed by atoms with Gasteiger partial charge in [-0.2, -0.15) is 0 Å². The van der Waals surface area contributed by atoms with E-state index in [0.717, 1.165) is 17.1 Å². The zero-order valence-electron chi connectivity index (χ0n) is 35.0. The summed E-state index contributed by atoms with van der Waals surface area (Å²) in [6, 6.07) is 86.2. The molecule has 1 aliphatic rings. The molecule has 0 amide bonds. The third-order valence-corrected chi connectivity index (χ3v) is 12.9. The average Bonchev–Trinajstić information content (AvgIpc) is 3.59. The monoisotopic (exact) mass is 791 g/mol. The summed E-state index contributed by atoms with van der Waals surface area (Å²) >= 11 is 0. The zero-order valence-corrected chi connectivity index (χ0v) is 35.0. The molecular formula is C61H45N. The van der Waals surface area contributed by atoms with E-state index in [1.54, 1.807) is 0 Å². The Hall–Kier alpha value is -7.74. The molecular weight excluding hydrogens is 747 g/mol. The fourth-order valence-corrected chi connectivity index (χ4v) is 9.70. The van der Waals surface area contributed by atoms with Gasteiger partial charge in [-0.1, -0.05) is 208 Å². The second-order valence-electron chi connectivity index (χ2n) is 16.9. The highest BCUT2D eigenvalue weighted by molar-refractivity contribution is 6.04. The maximum absolute atomic E-state index is 2.39. The molecule has 0 atom stereocenters. The van der Waals surface area contributed by atoms with Crippen LogP contribution in [0.1, 0.15) is 25.0 Å². The van der Waals surface area contributed by atoms with Crippen LogP contribution in [0.5, 0.6) is 0 Å². The summed E-state index contributed by atoms with van der Waals surface area (Å²) in [5.74, 6) is 0. The first-order chi connectivity index (χ1) is 30.5. The molecule has 11 rings (SSSR count). The molecule has 0 radical (unpaired) electrons. The molecule has 0 bridgehead atoms. The van der Waals surface area contributed by atoms with Crippen molar-refractivity contribution in [3.05, 3.63) is 248 Å². The van der Waals surface area contributed by atoms with Crippen molar-refractivity contribution in [2.45, 2.75) is 19.3 Å². The SMILES string of the molecule is CC1(C)c2ccccc2-c2c(-c3ccc(-c4ccc(-c5ccc(N(c6ccc(-c7ccccc7)cc6)c6ccc(-c7ccccc7)cc6)cc5)cc4)cc3)cc3ccccc3c21. The van der Waals surface area contributed by atoms with Crippen molar-refractivity contribution >= 4 is 27.8 Å². The summed E-state index contributed by atoms with van der Waals surface area (Å²) in [6.45, 7) is 4.75. The highest BCUT2D eigenvalue weighted by Gasteiger charge is 2.38. The predicted octanol–water partition coefficient (Wildman–Crippen LogP) is 17.0. The fraction of sp³-hybridized carbons (Fsp3) is 0.0492. The van der Waals surface area contributed by atoms with Gasteiger partial charge < -0.3 is 4.90 Å². The molecule has 0 spiro atoms. The Morgan fingerprint density at radius 3 is 1.13 bits per heavy atom. The van der Waals surface area contributed by atoms with E-state index in [2.05, 4.69) is 255 Å². The van der Waals surface area contributed by atoms with Crippen molar-refractivity contribution < 1.29 is 0 Å². The van der Waals surface area contributed by atoms with Gasteiger partial charge in [0, 0.05) is 22.5 Å². The van der Waals surface area contributed by atoms with E-state index in [4.69, 9.17) is 0 Å². The zero-order chi connectivity index (χ0) is 41.6. The molecule has 1 nitrogen and oxygen atoms in total. The molecule has 1 aliphatic carbocycles. The topological polar surface area (TPSA) is 3.24 Å². The number of anilines is 3. The number of benzene rings is 10. The van der Waals surface area contributed by atoms with Gasteiger partial charge in [-0.05, 0) is 131 Å². The Balaban J connectivity index is 0.879. The first-order valence-electron chi connectivity index (χ1n) is 21.6. The molecule has 0 saturated carbocycles. The summed E-state index contributed by atoms with van der Waals surface area (Å²) in [5, 5.41) is 2.64. The van der Waals surface area contributed by atoms with Gasteiger partial charge in [0.1, 0.15) is 0 Å². The molecule has 0 aliphatic heterocycles. The van der Waals surface area contributed by atoms with E-state index in [1.165, 1.54) is 88.7 Å². The van der Waals surface area contributed by atoms with Crippen LogP contribution in [0, 0.1) is 0 Å². The Bertz CT molecular complexity index is 3100. The summed E-state index contributed by atoms with van der Waals surface area (Å²) in [5.41, 5.74) is 21.0. The first-order valence-corrected chi connectivity index (χ1v) is 21.6. The Morgan fingerprint density at radius 1 is 0.306 bits per heavy atom. The number of hydrogen-bond acceptors (Lipinski definition) is 1. The summed E-state index contributed by atoms with van der Waals surface area (Å²) < 4.78 is 0. The van der Waals surface area contributed by atoms with Gasteiger partial charge in [-0.3, -0.25) is 0 Å². The van der Waals surface area contributed by atoms with Crippen LogP contribution in [0.3, 0.4) is 0 Å². The molecule has 0 unspecified atom stereocenters. The molecule has 0 fully saturated rings. The highest BCUT2D eigenvalue weighted by Crippen LogP contribution is 2.54. The molecule has 0 aromatic heterocycles. The third-order valence-electron chi connectivity index (χ3n) is 12.9. The quantitative estimate of drug-likeness (QED) is 0.148. The van der Waals surface area contributed by atoms with Gasteiger partial charge in [-0.15, -0.1) is 0 Å². The van der Waals surface area contributed by atoms with Crippen LogP contribution in [0.2, 0.25) is 0 Å². The standard InChI is InChI=1S/C61H45N/c1-61(2)58-20-12-11-19-56(58)59-57(41-51-17-9-10-18-55(51)60(59)61)50-27-25-46(26-28-50)44-21-23-45(24-22-44)49-33-39-54(40-34-49)62(52-35-29-47(30-36-52)42-13-5-3-6-14-42)53-37-31-48(32-38-53)43-15-7-4-8-16-43/h3-41H,1-2H3. The van der Waals surface area contributed by atoms with Gasteiger partial charge >= 0.3 is 0 Å². The van der Waals surface area contributed by atoms with Crippen molar-refractivity contribution in [2.24, 2.45) is 0 Å². The van der Waals surface area contributed by atoms with Crippen LogP contribution in [0.15, 0.2) is 237 Å². The summed E-state index contributed by atoms with van der Waals surface area (Å²) in [7, 11) is 0. The number of rotatable bonds is 8. The molecule has 0 N–H and O–H groups in total. The average molecular weight is 792 g/mol. The largest absolute Gasteiger partial charge is 0.311 e. The normalized spacial score (nSPS) is 12.5. The molecule has 62 heavy (non-hydrogen) atoms. The van der Waals surface area contributed by atoms with E-state index >= 15 is 0 Å². The van der Waals surface area contributed by atoms with E-state index < -0.39 is 0 Å². The Morgan fingerprint density at radius 2 is 0.661 bits per heavy atom. The minimum atomic E-state index is -0.0763. The van der Waals surface area contributed by atoms with Crippen LogP contribution >= 0.6 is 0 Å². The maximum atomic E-state index is 2.39. The number of nitrogens with zero attached hydrogens (tertiary/aromatic N) is 1. The van der Waals surface area contributed by atoms with E-state index in [9.17, 15) is 0 Å². The first kappa shape index (κ1) is 37.3. The molecule has 10 aromatic carbocycles. The van der Waals surface area contributed by atoms with E-state index in [0.29, 0.717) is 0 Å². The van der Waals surface area contributed by atoms with Crippen LogP contribution in [0.4, 0.5) is 17.1 Å². The van der Waals surface area contributed by atoms with Gasteiger partial charge in [0.25, 0.3) is 0 Å². The minimum Gasteiger partial charge on any atom is -0.311 e. The van der Waals surface area contributed by atoms with Crippen molar-refractivity contribution in [3.63, 3.8) is 0 Å². The van der Waals surface area contributed by atoms with Crippen molar-refractivity contribution in [1.29, 1.82) is 0 Å². The fourth-order valence-electron chi connectivity index (χ4n) is 9.70. The minimum absolute atomic E-state index is 0.0763. The maximum Gasteiger partial charge on any atom is 0.0462 e. The second-order valence-corrected chi connectivity index (χ2v) is 16.9. The predicted molar refractivity (Wildman–Crippen MR) is 263 cm³/mol. The second kappa shape index (κ2) is 15.4. The third kappa shape index (κ3) is 6.60. The van der Waals surface area contributed by atoms with Crippen molar-refractivity contribution in [2.75, 3.05) is 4.90 Å². The lowest BCUT2D eigenvalue weighted by Crippen LogP contribution is -2.15. The number of fused-ring (bicyclic) bond motifs is 5. The lowest BCUT2D eigenvalue weighted by molar-refractivity contribution is 0.666. The lowest BCUT2D eigenvalue weighted by Gasteiger charge is -2.26. The molecule has 0 saturated heterocycles. The van der Waals surface area contributed by atoms with Gasteiger partial charge in [0.05, 0.1) is 0 Å². The number of hydrogen-bond donors (Lipinski definition) is 0. The summed E-state index contributed by atoms with van der Waals surface area (Å²) in [6.07, 6.45) is 0. The van der Waals surface area contributed by atoms with Crippen molar-refractivity contribution in [3.8, 4) is 66.8 Å². The molecule has 1 heteroatoms. The van der Waals surface area contributed by atoms with E-state index in [-0.39, 0.29) is 5.41 Å². The molecule has 294 valence electrons. The van der Waals surface area contributed by atoms with Gasteiger partial charge in [0.15, 0.2) is 0 Å². The smallest absolute Gasteiger partial charge is 0.0462 e. The van der Waals surface area contributed by atoms with Gasteiger partial charge in [-0.25, -0.2) is 0 Å². The Kier molecular flexibility index (Phi) is 9.24. The Labute approximate surface area is 364 Å². The van der Waals surface area contributed by atoms with E-state index in [1.807, 2.05) is 0 Å². The molecule has 0 heterocycles. The van der Waals surface area contributed by atoms with Crippen molar-refractivity contribution in [1.82, 2.24) is 0 Å². The van der Waals surface area contributed by atoms with Crippen LogP contribution < -0.4 is 4.90 Å².